The maximum absolute atomic E-state index is 6.27. The molecule has 20 heavy (non-hydrogen) atoms. The number of thioether (sulfide) groups is 1. The van der Waals surface area contributed by atoms with Crippen LogP contribution in [0, 0.1) is 0 Å². The second kappa shape index (κ2) is 6.17. The molecule has 0 aliphatic rings. The third-order valence-electron chi connectivity index (χ3n) is 2.94. The van der Waals surface area contributed by atoms with Crippen molar-refractivity contribution in [2.45, 2.75) is 10.6 Å². The topological polar surface area (TPSA) is 12.9 Å². The third-order valence-corrected chi connectivity index (χ3v) is 4.80. The molecule has 0 N–H and O–H groups in total. The van der Waals surface area contributed by atoms with E-state index in [1.165, 1.54) is 4.90 Å². The lowest BCUT2D eigenvalue weighted by Crippen LogP contribution is -1.88. The minimum absolute atomic E-state index is 0.589. The van der Waals surface area contributed by atoms with Crippen LogP contribution in [0.1, 0.15) is 5.56 Å². The Balaban J connectivity index is 1.85. The highest BCUT2D eigenvalue weighted by Gasteiger charge is 2.05. The van der Waals surface area contributed by atoms with Gasteiger partial charge in [-0.15, -0.1) is 11.8 Å². The minimum Gasteiger partial charge on any atom is -0.236 e. The SMILES string of the molecule is Clc1nc2ccccc2cc1CSc1cccc(Br)c1. The molecular weight excluding hydrogens is 354 g/mol. The van der Waals surface area contributed by atoms with Gasteiger partial charge in [0, 0.05) is 26.1 Å². The summed E-state index contributed by atoms with van der Waals surface area (Å²) in [6.45, 7) is 0. The first-order valence-corrected chi connectivity index (χ1v) is 8.30. The molecule has 0 aliphatic heterocycles. The summed E-state index contributed by atoms with van der Waals surface area (Å²) in [5.41, 5.74) is 2.00. The summed E-state index contributed by atoms with van der Waals surface area (Å²) in [4.78, 5) is 5.66. The standard InChI is InChI=1S/C16H11BrClNS/c17-13-5-3-6-14(9-13)20-10-12-8-11-4-1-2-7-15(11)19-16(12)18/h1-9H,10H2. The fourth-order valence-electron chi connectivity index (χ4n) is 1.96. The van der Waals surface area contributed by atoms with E-state index in [4.69, 9.17) is 11.6 Å². The van der Waals surface area contributed by atoms with E-state index < -0.39 is 0 Å². The molecule has 2 aromatic carbocycles. The second-order valence-corrected chi connectivity index (χ2v) is 6.70. The summed E-state index contributed by atoms with van der Waals surface area (Å²) in [6, 6.07) is 18.4. The maximum Gasteiger partial charge on any atom is 0.133 e. The monoisotopic (exact) mass is 363 g/mol. The molecule has 0 unspecified atom stereocenters. The van der Waals surface area contributed by atoms with Gasteiger partial charge in [-0.05, 0) is 30.3 Å². The van der Waals surface area contributed by atoms with Crippen molar-refractivity contribution in [3.05, 3.63) is 69.8 Å². The second-order valence-electron chi connectivity index (χ2n) is 4.38. The number of pyridine rings is 1. The number of nitrogens with zero attached hydrogens (tertiary/aromatic N) is 1. The van der Waals surface area contributed by atoms with Gasteiger partial charge in [0.15, 0.2) is 0 Å². The van der Waals surface area contributed by atoms with Gasteiger partial charge in [-0.1, -0.05) is 51.8 Å². The number of benzene rings is 2. The average Bonchev–Trinajstić information content (AvgIpc) is 2.45. The van der Waals surface area contributed by atoms with Gasteiger partial charge in [-0.25, -0.2) is 4.98 Å². The molecule has 3 aromatic rings. The van der Waals surface area contributed by atoms with Gasteiger partial charge >= 0.3 is 0 Å². The quantitative estimate of drug-likeness (QED) is 0.421. The fourth-order valence-corrected chi connectivity index (χ4v) is 3.73. The molecule has 0 fully saturated rings. The molecule has 0 saturated carbocycles. The van der Waals surface area contributed by atoms with E-state index in [0.29, 0.717) is 5.15 Å². The van der Waals surface area contributed by atoms with Gasteiger partial charge in [-0.3, -0.25) is 0 Å². The summed E-state index contributed by atoms with van der Waals surface area (Å²) in [5.74, 6) is 0.813. The molecule has 4 heteroatoms. The van der Waals surface area contributed by atoms with Crippen LogP contribution in [0.4, 0.5) is 0 Å². The van der Waals surface area contributed by atoms with Gasteiger partial charge in [0.05, 0.1) is 5.52 Å². The number of para-hydroxylation sites is 1. The molecular formula is C16H11BrClNS. The number of halogens is 2. The normalized spacial score (nSPS) is 10.9. The van der Waals surface area contributed by atoms with Crippen LogP contribution in [0.25, 0.3) is 10.9 Å². The van der Waals surface area contributed by atoms with E-state index >= 15 is 0 Å². The molecule has 1 heterocycles. The maximum atomic E-state index is 6.27. The van der Waals surface area contributed by atoms with Crippen LogP contribution in [0.3, 0.4) is 0 Å². The Morgan fingerprint density at radius 1 is 1.05 bits per heavy atom. The average molecular weight is 365 g/mol. The summed E-state index contributed by atoms with van der Waals surface area (Å²) in [5, 5.41) is 1.72. The van der Waals surface area contributed by atoms with E-state index in [2.05, 4.69) is 45.2 Å². The molecule has 0 amide bonds. The Hall–Kier alpha value is -1.03. The molecule has 0 radical (unpaired) electrons. The first kappa shape index (κ1) is 13.9. The highest BCUT2D eigenvalue weighted by Crippen LogP contribution is 2.29. The molecule has 1 aromatic heterocycles. The van der Waals surface area contributed by atoms with Gasteiger partial charge in [0.2, 0.25) is 0 Å². The Kier molecular flexibility index (Phi) is 4.29. The summed E-state index contributed by atoms with van der Waals surface area (Å²) in [7, 11) is 0. The Morgan fingerprint density at radius 3 is 2.75 bits per heavy atom. The zero-order chi connectivity index (χ0) is 13.9. The van der Waals surface area contributed by atoms with Crippen LogP contribution in [-0.2, 0) is 5.75 Å². The fraction of sp³-hybridized carbons (Fsp3) is 0.0625. The van der Waals surface area contributed by atoms with Gasteiger partial charge in [0.1, 0.15) is 5.15 Å². The number of hydrogen-bond acceptors (Lipinski definition) is 2. The van der Waals surface area contributed by atoms with Crippen molar-refractivity contribution in [1.82, 2.24) is 4.98 Å². The lowest BCUT2D eigenvalue weighted by Gasteiger charge is -2.06. The zero-order valence-corrected chi connectivity index (χ0v) is 13.7. The van der Waals surface area contributed by atoms with Crippen LogP contribution in [-0.4, -0.2) is 4.98 Å². The molecule has 0 saturated heterocycles. The molecule has 0 spiro atoms. The van der Waals surface area contributed by atoms with Crippen molar-refractivity contribution >= 4 is 50.2 Å². The number of aromatic nitrogens is 1. The molecule has 100 valence electrons. The summed E-state index contributed by atoms with van der Waals surface area (Å²) in [6.07, 6.45) is 0. The molecule has 3 rings (SSSR count). The van der Waals surface area contributed by atoms with Crippen LogP contribution >= 0.6 is 39.3 Å². The summed E-state index contributed by atoms with van der Waals surface area (Å²) < 4.78 is 1.09. The smallest absolute Gasteiger partial charge is 0.133 e. The molecule has 1 nitrogen and oxygen atoms in total. The lowest BCUT2D eigenvalue weighted by molar-refractivity contribution is 1.30. The number of rotatable bonds is 3. The minimum atomic E-state index is 0.589. The van der Waals surface area contributed by atoms with E-state index in [-0.39, 0.29) is 0 Å². The Bertz CT molecular complexity index is 760. The van der Waals surface area contributed by atoms with Crippen molar-refractivity contribution in [1.29, 1.82) is 0 Å². The Morgan fingerprint density at radius 2 is 1.90 bits per heavy atom. The zero-order valence-electron chi connectivity index (χ0n) is 10.5. The van der Waals surface area contributed by atoms with Crippen molar-refractivity contribution in [3.8, 4) is 0 Å². The highest BCUT2D eigenvalue weighted by molar-refractivity contribution is 9.10. The van der Waals surface area contributed by atoms with Crippen LogP contribution in [0.2, 0.25) is 5.15 Å². The predicted molar refractivity (Wildman–Crippen MR) is 90.5 cm³/mol. The lowest BCUT2D eigenvalue weighted by atomic mass is 10.2. The summed E-state index contributed by atoms with van der Waals surface area (Å²) >= 11 is 11.5. The molecule has 0 atom stereocenters. The first-order valence-electron chi connectivity index (χ1n) is 6.15. The van der Waals surface area contributed by atoms with Crippen molar-refractivity contribution < 1.29 is 0 Å². The van der Waals surface area contributed by atoms with Crippen molar-refractivity contribution in [2.24, 2.45) is 0 Å². The van der Waals surface area contributed by atoms with E-state index in [1.54, 1.807) is 11.8 Å². The van der Waals surface area contributed by atoms with Crippen molar-refractivity contribution in [3.63, 3.8) is 0 Å². The largest absolute Gasteiger partial charge is 0.236 e. The van der Waals surface area contributed by atoms with E-state index in [0.717, 1.165) is 26.7 Å². The Labute approximate surface area is 135 Å². The number of hydrogen-bond donors (Lipinski definition) is 0. The van der Waals surface area contributed by atoms with Gasteiger partial charge in [-0.2, -0.15) is 0 Å². The van der Waals surface area contributed by atoms with E-state index in [9.17, 15) is 0 Å². The van der Waals surface area contributed by atoms with Crippen LogP contribution < -0.4 is 0 Å². The highest BCUT2D eigenvalue weighted by atomic mass is 79.9. The van der Waals surface area contributed by atoms with Gasteiger partial charge < -0.3 is 0 Å². The molecule has 0 bridgehead atoms. The molecule has 0 aliphatic carbocycles. The third kappa shape index (κ3) is 3.17. The van der Waals surface area contributed by atoms with Crippen LogP contribution in [0.5, 0.6) is 0 Å². The van der Waals surface area contributed by atoms with Crippen LogP contribution in [0.15, 0.2) is 64.0 Å². The predicted octanol–water partition coefficient (Wildman–Crippen LogP) is 5.94. The number of fused-ring (bicyclic) bond motifs is 1. The van der Waals surface area contributed by atoms with Gasteiger partial charge in [0.25, 0.3) is 0 Å². The van der Waals surface area contributed by atoms with E-state index in [1.807, 2.05) is 30.3 Å². The first-order chi connectivity index (χ1) is 9.72. The van der Waals surface area contributed by atoms with Crippen molar-refractivity contribution in [2.75, 3.05) is 0 Å².